The molecule has 224 valence electrons. The number of hydrogen-bond donors (Lipinski definition) is 0. The van der Waals surface area contributed by atoms with Gasteiger partial charge in [0, 0.05) is 46.4 Å². The van der Waals surface area contributed by atoms with Gasteiger partial charge in [0.05, 0.1) is 5.69 Å². The van der Waals surface area contributed by atoms with Crippen LogP contribution in [0.3, 0.4) is 0 Å². The lowest BCUT2D eigenvalue weighted by molar-refractivity contribution is 1.07. The number of rotatable bonds is 5. The van der Waals surface area contributed by atoms with E-state index in [2.05, 4.69) is 77.8 Å². The molecule has 3 heterocycles. The first kappa shape index (κ1) is 27.7. The number of pyridine rings is 2. The molecule has 0 atom stereocenters. The molecule has 0 aliphatic rings. The van der Waals surface area contributed by atoms with E-state index in [-0.39, 0.29) is 0 Å². The molecule has 48 heavy (non-hydrogen) atoms. The predicted octanol–water partition coefficient (Wildman–Crippen LogP) is 10.5. The third kappa shape index (κ3) is 4.95. The minimum absolute atomic E-state index is 0.645. The van der Waals surface area contributed by atoms with Crippen LogP contribution in [0.15, 0.2) is 164 Å². The average Bonchev–Trinajstić information content (AvgIpc) is 3.18. The summed E-state index contributed by atoms with van der Waals surface area (Å²) in [5, 5.41) is 7.14. The fourth-order valence-electron chi connectivity index (χ4n) is 6.47. The van der Waals surface area contributed by atoms with Gasteiger partial charge in [-0.25, -0.2) is 15.0 Å². The molecule has 9 aromatic rings. The van der Waals surface area contributed by atoms with Crippen molar-refractivity contribution in [2.75, 3.05) is 0 Å². The molecule has 5 nitrogen and oxygen atoms in total. The van der Waals surface area contributed by atoms with Crippen LogP contribution in [0.2, 0.25) is 0 Å². The van der Waals surface area contributed by atoms with E-state index in [0.717, 1.165) is 44.5 Å². The highest BCUT2D eigenvalue weighted by molar-refractivity contribution is 6.26. The van der Waals surface area contributed by atoms with Crippen molar-refractivity contribution < 1.29 is 0 Å². The Balaban J connectivity index is 1.19. The van der Waals surface area contributed by atoms with Crippen LogP contribution in [0, 0.1) is 0 Å². The molecule has 3 aromatic heterocycles. The third-order valence-electron chi connectivity index (χ3n) is 8.87. The van der Waals surface area contributed by atoms with Crippen molar-refractivity contribution in [2.24, 2.45) is 0 Å². The molecule has 6 aromatic carbocycles. The smallest absolute Gasteiger partial charge is 0.164 e. The maximum atomic E-state index is 4.99. The van der Waals surface area contributed by atoms with Crippen molar-refractivity contribution in [2.45, 2.75) is 0 Å². The Labute approximate surface area is 277 Å². The van der Waals surface area contributed by atoms with Crippen molar-refractivity contribution >= 4 is 32.3 Å². The first-order chi connectivity index (χ1) is 23.8. The van der Waals surface area contributed by atoms with Gasteiger partial charge in [-0.1, -0.05) is 115 Å². The number of aromatic nitrogens is 5. The number of benzene rings is 6. The van der Waals surface area contributed by atoms with E-state index in [0.29, 0.717) is 17.5 Å². The van der Waals surface area contributed by atoms with Gasteiger partial charge in [0.15, 0.2) is 17.5 Å². The highest BCUT2D eigenvalue weighted by Gasteiger charge is 2.15. The van der Waals surface area contributed by atoms with Crippen LogP contribution in [-0.2, 0) is 0 Å². The minimum Gasteiger partial charge on any atom is -0.265 e. The van der Waals surface area contributed by atoms with Crippen LogP contribution in [0.25, 0.3) is 88.9 Å². The fourth-order valence-corrected chi connectivity index (χ4v) is 6.47. The van der Waals surface area contributed by atoms with Gasteiger partial charge in [-0.05, 0) is 68.2 Å². The SMILES string of the molecule is c1ccc(-c2nc(-c3ccccc3)nc(-c3ccc4c5ccc(-c6ccc(-c7ccncc7)nc6)cc5c5ccccc5c4c3)n2)cc1. The van der Waals surface area contributed by atoms with Gasteiger partial charge in [-0.3, -0.25) is 9.97 Å². The summed E-state index contributed by atoms with van der Waals surface area (Å²) in [5.41, 5.74) is 7.04. The van der Waals surface area contributed by atoms with Crippen molar-refractivity contribution in [1.82, 2.24) is 24.9 Å². The summed E-state index contributed by atoms with van der Waals surface area (Å²) in [6, 6.07) is 50.3. The topological polar surface area (TPSA) is 64.5 Å². The molecule has 0 fully saturated rings. The van der Waals surface area contributed by atoms with Crippen molar-refractivity contribution in [3.05, 3.63) is 164 Å². The minimum atomic E-state index is 0.645. The van der Waals surface area contributed by atoms with E-state index in [9.17, 15) is 0 Å². The highest BCUT2D eigenvalue weighted by atomic mass is 15.0. The molecular weight excluding hydrogens is 587 g/mol. The maximum absolute atomic E-state index is 4.99. The quantitative estimate of drug-likeness (QED) is 0.181. The molecule has 0 spiro atoms. The first-order valence-electron chi connectivity index (χ1n) is 15.9. The zero-order chi connectivity index (χ0) is 31.9. The highest BCUT2D eigenvalue weighted by Crippen LogP contribution is 2.39. The first-order valence-corrected chi connectivity index (χ1v) is 15.9. The second kappa shape index (κ2) is 11.6. The van der Waals surface area contributed by atoms with Gasteiger partial charge in [-0.15, -0.1) is 0 Å². The Bertz CT molecular complexity index is 2510. The van der Waals surface area contributed by atoms with E-state index in [4.69, 9.17) is 19.9 Å². The Kier molecular flexibility index (Phi) is 6.72. The Morgan fingerprint density at radius 1 is 0.312 bits per heavy atom. The van der Waals surface area contributed by atoms with E-state index in [1.807, 2.05) is 79.0 Å². The van der Waals surface area contributed by atoms with Crippen LogP contribution in [0.1, 0.15) is 0 Å². The number of nitrogens with zero attached hydrogens (tertiary/aromatic N) is 5. The lowest BCUT2D eigenvalue weighted by atomic mass is 9.91. The van der Waals surface area contributed by atoms with Crippen LogP contribution >= 0.6 is 0 Å². The van der Waals surface area contributed by atoms with Crippen LogP contribution in [0.4, 0.5) is 0 Å². The summed E-state index contributed by atoms with van der Waals surface area (Å²) in [5.74, 6) is 1.95. The van der Waals surface area contributed by atoms with Gasteiger partial charge in [0.25, 0.3) is 0 Å². The molecule has 0 unspecified atom stereocenters. The molecule has 0 aliphatic carbocycles. The summed E-state index contributed by atoms with van der Waals surface area (Å²) in [6.07, 6.45) is 5.54. The zero-order valence-electron chi connectivity index (χ0n) is 25.8. The van der Waals surface area contributed by atoms with Gasteiger partial charge in [0.1, 0.15) is 0 Å². The van der Waals surface area contributed by atoms with Crippen LogP contribution in [-0.4, -0.2) is 24.9 Å². The fraction of sp³-hybridized carbons (Fsp3) is 0. The molecule has 5 heteroatoms. The monoisotopic (exact) mass is 613 g/mol. The molecule has 0 saturated heterocycles. The molecule has 0 N–H and O–H groups in total. The summed E-state index contributed by atoms with van der Waals surface area (Å²) in [6.45, 7) is 0. The van der Waals surface area contributed by atoms with E-state index in [1.165, 1.54) is 26.9 Å². The molecule has 9 rings (SSSR count). The van der Waals surface area contributed by atoms with Gasteiger partial charge < -0.3 is 0 Å². The molecule has 0 bridgehead atoms. The molecular formula is C43H27N5. The predicted molar refractivity (Wildman–Crippen MR) is 195 cm³/mol. The van der Waals surface area contributed by atoms with Crippen LogP contribution in [0.5, 0.6) is 0 Å². The molecule has 0 aliphatic heterocycles. The van der Waals surface area contributed by atoms with E-state index < -0.39 is 0 Å². The summed E-state index contributed by atoms with van der Waals surface area (Å²) in [4.78, 5) is 23.7. The van der Waals surface area contributed by atoms with Gasteiger partial charge in [0.2, 0.25) is 0 Å². The maximum Gasteiger partial charge on any atom is 0.164 e. The van der Waals surface area contributed by atoms with Crippen molar-refractivity contribution in [1.29, 1.82) is 0 Å². The number of hydrogen-bond acceptors (Lipinski definition) is 5. The summed E-state index contributed by atoms with van der Waals surface area (Å²) in [7, 11) is 0. The largest absolute Gasteiger partial charge is 0.265 e. The Morgan fingerprint density at radius 3 is 1.35 bits per heavy atom. The summed E-state index contributed by atoms with van der Waals surface area (Å²) < 4.78 is 0. The molecule has 0 amide bonds. The van der Waals surface area contributed by atoms with Crippen molar-refractivity contribution in [3.8, 4) is 56.5 Å². The average molecular weight is 614 g/mol. The standard InChI is InChI=1S/C43H27N5/c1-3-9-29(10-4-1)41-46-42(30-11-5-2-6-12-30)48-43(47-41)32-16-19-37-36-18-15-31(25-38(36)34-13-7-8-14-35(34)39(37)26-32)33-17-20-40(45-27-33)28-21-23-44-24-22-28/h1-27H. The van der Waals surface area contributed by atoms with Gasteiger partial charge >= 0.3 is 0 Å². The molecule has 0 saturated carbocycles. The van der Waals surface area contributed by atoms with E-state index >= 15 is 0 Å². The Hall–Kier alpha value is -6.59. The Morgan fingerprint density at radius 2 is 0.792 bits per heavy atom. The lowest BCUT2D eigenvalue weighted by Gasteiger charge is -2.14. The molecule has 0 radical (unpaired) electrons. The van der Waals surface area contributed by atoms with Gasteiger partial charge in [-0.2, -0.15) is 0 Å². The van der Waals surface area contributed by atoms with Crippen LogP contribution < -0.4 is 0 Å². The number of fused-ring (bicyclic) bond motifs is 6. The second-order valence-electron chi connectivity index (χ2n) is 11.8. The summed E-state index contributed by atoms with van der Waals surface area (Å²) >= 11 is 0. The lowest BCUT2D eigenvalue weighted by Crippen LogP contribution is -2.00. The second-order valence-corrected chi connectivity index (χ2v) is 11.8. The van der Waals surface area contributed by atoms with Crippen molar-refractivity contribution in [3.63, 3.8) is 0 Å². The normalized spacial score (nSPS) is 11.3. The zero-order valence-corrected chi connectivity index (χ0v) is 25.8. The van der Waals surface area contributed by atoms with E-state index in [1.54, 1.807) is 12.4 Å². The third-order valence-corrected chi connectivity index (χ3v) is 8.87.